The Morgan fingerprint density at radius 1 is 0.600 bits per heavy atom. The zero-order chi connectivity index (χ0) is 44.3. The van der Waals surface area contributed by atoms with Crippen LogP contribution in [0.2, 0.25) is 0 Å². The molecule has 0 bridgehead atoms. The van der Waals surface area contributed by atoms with Crippen LogP contribution >= 0.6 is 0 Å². The van der Waals surface area contributed by atoms with E-state index in [1.807, 2.05) is 19.8 Å². The molecule has 0 saturated carbocycles. The first-order valence-electron chi connectivity index (χ1n) is 19.8. The van der Waals surface area contributed by atoms with E-state index in [-0.39, 0.29) is 26.2 Å². The Hall–Kier alpha value is -5.98. The fraction of sp³-hybridized carbons (Fsp3) is 0.611. The van der Waals surface area contributed by atoms with Crippen LogP contribution in [0.15, 0.2) is 31.6 Å². The number of piperazine rings is 2. The monoisotopic (exact) mass is 846 g/mol. The highest BCUT2D eigenvalue weighted by atomic mass is 16.4. The van der Waals surface area contributed by atoms with Crippen molar-refractivity contribution in [3.8, 4) is 0 Å². The fourth-order valence-corrected chi connectivity index (χ4v) is 7.38. The molecule has 2 aromatic rings. The summed E-state index contributed by atoms with van der Waals surface area (Å²) in [5, 5.41) is 18.6. The fourth-order valence-electron chi connectivity index (χ4n) is 7.38. The number of nitrogens with two attached hydrogens (primary N) is 2. The lowest BCUT2D eigenvalue weighted by Crippen LogP contribution is -2.56. The average molecular weight is 847 g/mol. The smallest absolute Gasteiger partial charge is 0.414 e. The molecule has 2 aliphatic heterocycles. The van der Waals surface area contributed by atoms with Gasteiger partial charge in [0.2, 0.25) is 11.8 Å². The van der Waals surface area contributed by atoms with Crippen molar-refractivity contribution in [3.05, 3.63) is 65.2 Å². The quantitative estimate of drug-likeness (QED) is 0.0762. The van der Waals surface area contributed by atoms with Crippen molar-refractivity contribution in [2.45, 2.75) is 64.7 Å². The van der Waals surface area contributed by atoms with Gasteiger partial charge in [0, 0.05) is 77.8 Å². The third kappa shape index (κ3) is 11.8. The normalized spacial score (nSPS) is 16.5. The van der Waals surface area contributed by atoms with Crippen LogP contribution in [0.1, 0.15) is 60.2 Å². The number of imide groups is 2. The molecular weight excluding hydrogens is 792 g/mol. The van der Waals surface area contributed by atoms with E-state index in [0.717, 1.165) is 60.3 Å². The number of carbonyl (C=O) groups excluding carboxylic acids is 4. The zero-order valence-electron chi connectivity index (χ0n) is 33.7. The summed E-state index contributed by atoms with van der Waals surface area (Å²) >= 11 is 0. The van der Waals surface area contributed by atoms with Crippen LogP contribution in [-0.4, -0.2) is 185 Å². The van der Waals surface area contributed by atoms with Crippen molar-refractivity contribution >= 4 is 35.8 Å². The van der Waals surface area contributed by atoms with E-state index < -0.39 is 81.5 Å². The number of nitrogens with one attached hydrogen (secondary N) is 2. The van der Waals surface area contributed by atoms with E-state index in [9.17, 15) is 58.2 Å². The number of hydrogen-bond acceptors (Lipinski definition) is 14. The van der Waals surface area contributed by atoms with Crippen molar-refractivity contribution in [2.24, 2.45) is 11.5 Å². The maximum absolute atomic E-state index is 12.7. The predicted octanol–water partition coefficient (Wildman–Crippen LogP) is -3.13. The van der Waals surface area contributed by atoms with Gasteiger partial charge in [0.1, 0.15) is 23.2 Å². The number of amides is 6. The molecule has 2 atom stereocenters. The second-order valence-electron chi connectivity index (χ2n) is 14.6. The molecule has 4 rings (SSSR count). The molecule has 8 N–H and O–H groups in total. The number of hydrogen-bond donors (Lipinski definition) is 6. The molecule has 2 aromatic heterocycles. The lowest BCUT2D eigenvalue weighted by Gasteiger charge is -2.38. The first-order chi connectivity index (χ1) is 28.5. The number of aromatic nitrogens is 4. The molecule has 6 amide bonds. The zero-order valence-corrected chi connectivity index (χ0v) is 33.7. The molecule has 0 aromatic carbocycles. The minimum atomic E-state index is -1.55. The number of nitrogens with zero attached hydrogens (tertiary/aromatic N) is 8. The summed E-state index contributed by atoms with van der Waals surface area (Å²) in [6.45, 7) is 8.11. The van der Waals surface area contributed by atoms with Crippen molar-refractivity contribution < 1.29 is 39.0 Å². The minimum Gasteiger partial charge on any atom is -0.465 e. The lowest BCUT2D eigenvalue weighted by molar-refractivity contribution is -0.125. The van der Waals surface area contributed by atoms with Crippen LogP contribution in [0, 0.1) is 0 Å². The van der Waals surface area contributed by atoms with Crippen LogP contribution < -0.4 is 34.0 Å². The number of carbonyl (C=O) groups is 6. The summed E-state index contributed by atoms with van der Waals surface area (Å²) in [5.41, 5.74) is 6.50. The molecule has 24 heteroatoms. The second-order valence-corrected chi connectivity index (χ2v) is 14.6. The number of unbranched alkanes of at least 4 members (excludes halogenated alkanes) is 3. The summed E-state index contributed by atoms with van der Waals surface area (Å²) in [6, 6.07) is -1.85. The Balaban J connectivity index is 1.19. The number of H-pyrrole nitrogens is 2. The third-order valence-electron chi connectivity index (χ3n) is 10.9. The highest BCUT2D eigenvalue weighted by Gasteiger charge is 2.32. The van der Waals surface area contributed by atoms with Crippen LogP contribution in [0.3, 0.4) is 0 Å². The minimum absolute atomic E-state index is 0.217. The van der Waals surface area contributed by atoms with Gasteiger partial charge in [0.05, 0.1) is 13.1 Å². The average Bonchev–Trinajstić information content (AvgIpc) is 3.19. The van der Waals surface area contributed by atoms with E-state index in [1.165, 1.54) is 13.8 Å². The van der Waals surface area contributed by atoms with Crippen molar-refractivity contribution in [1.82, 2.24) is 48.5 Å². The number of carboxylic acid groups (broad SMARTS) is 2. The Labute approximate surface area is 342 Å². The van der Waals surface area contributed by atoms with Gasteiger partial charge in [-0.3, -0.25) is 57.7 Å². The van der Waals surface area contributed by atoms with Gasteiger partial charge in [-0.1, -0.05) is 12.8 Å². The summed E-state index contributed by atoms with van der Waals surface area (Å²) < 4.78 is 1.97. The lowest BCUT2D eigenvalue weighted by atomic mass is 10.1. The summed E-state index contributed by atoms with van der Waals surface area (Å²) in [5.74, 6) is -3.59. The number of aromatic amines is 2. The molecule has 2 saturated heterocycles. The Morgan fingerprint density at radius 3 is 1.22 bits per heavy atom. The summed E-state index contributed by atoms with van der Waals surface area (Å²) in [7, 11) is 0. The van der Waals surface area contributed by atoms with Gasteiger partial charge in [-0.15, -0.1) is 0 Å². The molecule has 2 unspecified atom stereocenters. The van der Waals surface area contributed by atoms with Crippen molar-refractivity contribution in [3.63, 3.8) is 0 Å². The van der Waals surface area contributed by atoms with Gasteiger partial charge >= 0.3 is 23.6 Å². The van der Waals surface area contributed by atoms with E-state index >= 15 is 0 Å². The van der Waals surface area contributed by atoms with E-state index in [0.29, 0.717) is 62.2 Å². The highest BCUT2D eigenvalue weighted by molar-refractivity contribution is 6.02. The highest BCUT2D eigenvalue weighted by Crippen LogP contribution is 2.13. The first-order valence-corrected chi connectivity index (χ1v) is 19.8. The Kier molecular flexibility index (Phi) is 16.6. The molecule has 330 valence electrons. The Bertz CT molecular complexity index is 1980. The van der Waals surface area contributed by atoms with Gasteiger partial charge < -0.3 is 31.5 Å². The van der Waals surface area contributed by atoms with E-state index in [4.69, 9.17) is 11.5 Å². The second kappa shape index (κ2) is 21.3. The van der Waals surface area contributed by atoms with E-state index in [1.54, 1.807) is 0 Å². The SMILES string of the molecule is CCN(C(=O)O)C(=O)c1cn(CC(C(N)=O)N2CCN(CCCCCCN3CCN(C(Cn4cc(C(=O)N(CC)C(=O)O)c(=O)[nH]c4=O)C(N)=O)CC3)CC2)c(=O)[nH]c1=O. The molecule has 0 spiro atoms. The molecule has 60 heavy (non-hydrogen) atoms. The topological polar surface area (TPSA) is 324 Å². The molecule has 0 radical (unpaired) electrons. The number of rotatable bonds is 19. The summed E-state index contributed by atoms with van der Waals surface area (Å²) in [4.78, 5) is 136. The standard InChI is InChI=1S/C36H54N12O12/c1-3-47(35(57)58)31(53)23-19-45(33(55)39-29(23)51)21-25(27(37)49)43-15-11-41(12-16-43)9-7-5-6-8-10-42-13-17-44(18-14-42)26(28(38)50)22-46-20-24(30(52)40-34(46)56)32(54)48(4-2)36(59)60/h19-20,25-26H,3-18,21-22H2,1-2H3,(H2,37,49)(H2,38,50)(H,57,58)(H,59,60)(H,39,51,55)(H,40,52,56). The summed E-state index contributed by atoms with van der Waals surface area (Å²) in [6.07, 6.45) is 2.69. The van der Waals surface area contributed by atoms with Crippen LogP contribution in [0.4, 0.5) is 9.59 Å². The van der Waals surface area contributed by atoms with Gasteiger partial charge in [0.15, 0.2) is 0 Å². The largest absolute Gasteiger partial charge is 0.465 e. The maximum atomic E-state index is 12.7. The van der Waals surface area contributed by atoms with Crippen molar-refractivity contribution in [2.75, 3.05) is 78.5 Å². The Morgan fingerprint density at radius 2 is 0.933 bits per heavy atom. The molecule has 2 aliphatic rings. The van der Waals surface area contributed by atoms with Gasteiger partial charge in [-0.25, -0.2) is 29.0 Å². The van der Waals surface area contributed by atoms with E-state index in [2.05, 4.69) is 9.80 Å². The van der Waals surface area contributed by atoms with Crippen molar-refractivity contribution in [1.29, 1.82) is 0 Å². The molecule has 4 heterocycles. The van der Waals surface area contributed by atoms with Crippen LogP contribution in [0.5, 0.6) is 0 Å². The first kappa shape index (κ1) is 46.7. The molecule has 0 aliphatic carbocycles. The predicted molar refractivity (Wildman–Crippen MR) is 213 cm³/mol. The maximum Gasteiger partial charge on any atom is 0.414 e. The molecular formula is C36H54N12O12. The van der Waals surface area contributed by atoms with Crippen LogP contribution in [0.25, 0.3) is 0 Å². The van der Waals surface area contributed by atoms with Gasteiger partial charge in [0.25, 0.3) is 22.9 Å². The molecule has 24 nitrogen and oxygen atoms in total. The van der Waals surface area contributed by atoms with Gasteiger partial charge in [-0.05, 0) is 39.8 Å². The number of primary amides is 2. The van der Waals surface area contributed by atoms with Crippen LogP contribution in [-0.2, 0) is 22.7 Å². The van der Waals surface area contributed by atoms with Gasteiger partial charge in [-0.2, -0.15) is 0 Å². The third-order valence-corrected chi connectivity index (χ3v) is 10.9. The molecule has 2 fully saturated rings.